The molecule has 0 radical (unpaired) electrons. The molecule has 0 spiro atoms. The van der Waals surface area contributed by atoms with E-state index in [0.29, 0.717) is 16.9 Å². The van der Waals surface area contributed by atoms with Crippen LogP contribution < -0.4 is 4.90 Å². The number of pyridine rings is 2. The number of anilines is 1. The Hall–Kier alpha value is -3.35. The number of nitrogens with one attached hydrogen (secondary N) is 1. The van der Waals surface area contributed by atoms with E-state index in [1.54, 1.807) is 12.4 Å². The van der Waals surface area contributed by atoms with Gasteiger partial charge in [0.25, 0.3) is 0 Å². The molecule has 1 N–H and O–H groups in total. The lowest BCUT2D eigenvalue weighted by atomic mass is 10.1. The SMILES string of the molecule is CCCN(C)c1ccc(-c2ccc(-c3nc4cc(F)c(F)cc4[nH]3)cn2)cn1. The molecule has 0 amide bonds. The fourth-order valence-electron chi connectivity index (χ4n) is 3.06. The Kier molecular flexibility index (Phi) is 4.73. The molecule has 0 aliphatic carbocycles. The van der Waals surface area contributed by atoms with Crippen LogP contribution in [-0.4, -0.2) is 33.5 Å². The second-order valence-corrected chi connectivity index (χ2v) is 6.63. The van der Waals surface area contributed by atoms with Crippen LogP contribution in [0.5, 0.6) is 0 Å². The highest BCUT2D eigenvalue weighted by atomic mass is 19.2. The second kappa shape index (κ2) is 7.34. The average Bonchev–Trinajstić information content (AvgIpc) is 3.11. The first kappa shape index (κ1) is 18.0. The van der Waals surface area contributed by atoms with Crippen LogP contribution in [0.4, 0.5) is 14.6 Å². The van der Waals surface area contributed by atoms with Crippen LogP contribution in [-0.2, 0) is 0 Å². The first-order chi connectivity index (χ1) is 13.5. The van der Waals surface area contributed by atoms with Crippen LogP contribution in [0.15, 0.2) is 48.8 Å². The lowest BCUT2D eigenvalue weighted by Crippen LogP contribution is -2.18. The van der Waals surface area contributed by atoms with E-state index in [9.17, 15) is 8.78 Å². The molecule has 28 heavy (non-hydrogen) atoms. The molecular formula is C21H19F2N5. The molecule has 3 aromatic heterocycles. The number of imidazole rings is 1. The predicted octanol–water partition coefficient (Wildman–Crippen LogP) is 4.81. The van der Waals surface area contributed by atoms with Gasteiger partial charge in [-0.2, -0.15) is 0 Å². The standard InChI is InChI=1S/C21H19F2N5/c1-3-8-28(2)20-7-5-13(11-25-20)17-6-4-14(12-24-17)21-26-18-9-15(22)16(23)10-19(18)27-21/h4-7,9-12H,3,8H2,1-2H3,(H,26,27). The van der Waals surface area contributed by atoms with Crippen molar-refractivity contribution in [1.82, 2.24) is 19.9 Å². The number of fused-ring (bicyclic) bond motifs is 1. The van der Waals surface area contributed by atoms with Crippen molar-refractivity contribution in [2.75, 3.05) is 18.5 Å². The van der Waals surface area contributed by atoms with Crippen molar-refractivity contribution in [2.24, 2.45) is 0 Å². The molecule has 0 aliphatic heterocycles. The quantitative estimate of drug-likeness (QED) is 0.541. The largest absolute Gasteiger partial charge is 0.360 e. The van der Waals surface area contributed by atoms with Crippen molar-refractivity contribution in [3.63, 3.8) is 0 Å². The zero-order chi connectivity index (χ0) is 19.7. The molecule has 3 heterocycles. The Balaban J connectivity index is 1.59. The van der Waals surface area contributed by atoms with Gasteiger partial charge in [-0.1, -0.05) is 6.92 Å². The van der Waals surface area contributed by atoms with Crippen molar-refractivity contribution in [1.29, 1.82) is 0 Å². The van der Waals surface area contributed by atoms with Crippen molar-refractivity contribution in [2.45, 2.75) is 13.3 Å². The molecule has 0 fully saturated rings. The third-order valence-electron chi connectivity index (χ3n) is 4.55. The summed E-state index contributed by atoms with van der Waals surface area (Å²) in [4.78, 5) is 18.4. The summed E-state index contributed by atoms with van der Waals surface area (Å²) in [5.74, 6) is -0.395. The molecule has 0 atom stereocenters. The maximum atomic E-state index is 13.4. The topological polar surface area (TPSA) is 57.7 Å². The molecule has 142 valence electrons. The second-order valence-electron chi connectivity index (χ2n) is 6.63. The van der Waals surface area contributed by atoms with Crippen LogP contribution >= 0.6 is 0 Å². The van der Waals surface area contributed by atoms with E-state index in [1.807, 2.05) is 31.3 Å². The summed E-state index contributed by atoms with van der Waals surface area (Å²) >= 11 is 0. The Labute approximate surface area is 161 Å². The highest BCUT2D eigenvalue weighted by Crippen LogP contribution is 2.24. The van der Waals surface area contributed by atoms with Gasteiger partial charge in [-0.25, -0.2) is 18.7 Å². The Morgan fingerprint density at radius 1 is 0.964 bits per heavy atom. The summed E-state index contributed by atoms with van der Waals surface area (Å²) in [7, 11) is 2.02. The first-order valence-electron chi connectivity index (χ1n) is 9.04. The normalized spacial score (nSPS) is 11.1. The molecule has 0 saturated carbocycles. The lowest BCUT2D eigenvalue weighted by Gasteiger charge is -2.17. The molecule has 0 unspecified atom stereocenters. The number of aromatic nitrogens is 4. The molecule has 7 heteroatoms. The van der Waals surface area contributed by atoms with E-state index < -0.39 is 11.6 Å². The number of hydrogen-bond donors (Lipinski definition) is 1. The van der Waals surface area contributed by atoms with Crippen LogP contribution in [0.3, 0.4) is 0 Å². The molecule has 4 aromatic rings. The van der Waals surface area contributed by atoms with Crippen LogP contribution in [0, 0.1) is 11.6 Å². The molecule has 1 aromatic carbocycles. The molecule has 0 bridgehead atoms. The lowest BCUT2D eigenvalue weighted by molar-refractivity contribution is 0.510. The summed E-state index contributed by atoms with van der Waals surface area (Å²) < 4.78 is 26.8. The van der Waals surface area contributed by atoms with E-state index in [4.69, 9.17) is 0 Å². The zero-order valence-electron chi connectivity index (χ0n) is 15.6. The number of halogens is 2. The minimum absolute atomic E-state index is 0.369. The molecular weight excluding hydrogens is 360 g/mol. The van der Waals surface area contributed by atoms with E-state index in [-0.39, 0.29) is 0 Å². The van der Waals surface area contributed by atoms with Gasteiger partial charge >= 0.3 is 0 Å². The third-order valence-corrected chi connectivity index (χ3v) is 4.55. The summed E-state index contributed by atoms with van der Waals surface area (Å²) in [6.07, 6.45) is 4.54. The minimum atomic E-state index is -0.917. The van der Waals surface area contributed by atoms with Gasteiger partial charge in [0, 0.05) is 49.2 Å². The number of hydrogen-bond acceptors (Lipinski definition) is 4. The zero-order valence-corrected chi connectivity index (χ0v) is 15.6. The number of aromatic amines is 1. The first-order valence-corrected chi connectivity index (χ1v) is 9.04. The Bertz CT molecular complexity index is 1070. The number of benzene rings is 1. The maximum absolute atomic E-state index is 13.4. The Morgan fingerprint density at radius 2 is 1.71 bits per heavy atom. The monoisotopic (exact) mass is 379 g/mol. The van der Waals surface area contributed by atoms with Crippen LogP contribution in [0.2, 0.25) is 0 Å². The number of rotatable bonds is 5. The van der Waals surface area contributed by atoms with E-state index in [0.717, 1.165) is 47.7 Å². The van der Waals surface area contributed by atoms with Crippen LogP contribution in [0.1, 0.15) is 13.3 Å². The van der Waals surface area contributed by atoms with E-state index in [1.165, 1.54) is 0 Å². The average molecular weight is 379 g/mol. The minimum Gasteiger partial charge on any atom is -0.360 e. The summed E-state index contributed by atoms with van der Waals surface area (Å²) in [6.45, 7) is 3.08. The van der Waals surface area contributed by atoms with Gasteiger partial charge in [0.05, 0.1) is 16.7 Å². The fourth-order valence-corrected chi connectivity index (χ4v) is 3.06. The summed E-state index contributed by atoms with van der Waals surface area (Å²) in [6, 6.07) is 9.88. The fraction of sp³-hybridized carbons (Fsp3) is 0.190. The smallest absolute Gasteiger partial charge is 0.161 e. The van der Waals surface area contributed by atoms with Crippen molar-refractivity contribution in [3.05, 3.63) is 60.4 Å². The van der Waals surface area contributed by atoms with Gasteiger partial charge in [-0.3, -0.25) is 4.98 Å². The van der Waals surface area contributed by atoms with Crippen molar-refractivity contribution < 1.29 is 8.78 Å². The van der Waals surface area contributed by atoms with Gasteiger partial charge < -0.3 is 9.88 Å². The van der Waals surface area contributed by atoms with Gasteiger partial charge in [-0.05, 0) is 30.7 Å². The predicted molar refractivity (Wildman–Crippen MR) is 106 cm³/mol. The van der Waals surface area contributed by atoms with E-state index >= 15 is 0 Å². The van der Waals surface area contributed by atoms with Crippen molar-refractivity contribution in [3.8, 4) is 22.6 Å². The summed E-state index contributed by atoms with van der Waals surface area (Å²) in [5.41, 5.74) is 3.24. The van der Waals surface area contributed by atoms with Crippen LogP contribution in [0.25, 0.3) is 33.7 Å². The van der Waals surface area contributed by atoms with Crippen molar-refractivity contribution >= 4 is 16.9 Å². The number of nitrogens with zero attached hydrogens (tertiary/aromatic N) is 4. The maximum Gasteiger partial charge on any atom is 0.161 e. The van der Waals surface area contributed by atoms with Gasteiger partial charge in [0.2, 0.25) is 0 Å². The molecule has 5 nitrogen and oxygen atoms in total. The van der Waals surface area contributed by atoms with Gasteiger partial charge in [0.15, 0.2) is 11.6 Å². The highest BCUT2D eigenvalue weighted by molar-refractivity contribution is 5.79. The summed E-state index contributed by atoms with van der Waals surface area (Å²) in [5, 5.41) is 0. The van der Waals surface area contributed by atoms with Gasteiger partial charge in [0.1, 0.15) is 11.6 Å². The molecule has 4 rings (SSSR count). The van der Waals surface area contributed by atoms with Gasteiger partial charge in [-0.15, -0.1) is 0 Å². The molecule has 0 saturated heterocycles. The third kappa shape index (κ3) is 3.43. The van der Waals surface area contributed by atoms with E-state index in [2.05, 4.69) is 31.8 Å². The Morgan fingerprint density at radius 3 is 2.39 bits per heavy atom. The highest BCUT2D eigenvalue weighted by Gasteiger charge is 2.11. The number of H-pyrrole nitrogens is 1. The molecule has 0 aliphatic rings.